The van der Waals surface area contributed by atoms with E-state index in [1.54, 1.807) is 0 Å². The van der Waals surface area contributed by atoms with Gasteiger partial charge in [0.05, 0.1) is 12.1 Å². The van der Waals surface area contributed by atoms with Gasteiger partial charge in [-0.15, -0.1) is 0 Å². The third-order valence-electron chi connectivity index (χ3n) is 5.44. The lowest BCUT2D eigenvalue weighted by Gasteiger charge is -2.38. The fraction of sp³-hybridized carbons (Fsp3) is 0.364. The fourth-order valence-electron chi connectivity index (χ4n) is 3.77. The Kier molecular flexibility index (Phi) is 5.62. The zero-order valence-electron chi connectivity index (χ0n) is 16.3. The molecule has 0 unspecified atom stereocenters. The highest BCUT2D eigenvalue weighted by molar-refractivity contribution is 5.63. The summed E-state index contributed by atoms with van der Waals surface area (Å²) in [6.45, 7) is 1.43. The predicted molar refractivity (Wildman–Crippen MR) is 104 cm³/mol. The van der Waals surface area contributed by atoms with Crippen molar-refractivity contribution in [3.8, 4) is 11.1 Å². The van der Waals surface area contributed by atoms with Crippen LogP contribution in [0.4, 0.5) is 13.2 Å². The van der Waals surface area contributed by atoms with Crippen LogP contribution in [0.25, 0.3) is 11.1 Å². The maximum atomic E-state index is 12.4. The van der Waals surface area contributed by atoms with E-state index < -0.39 is 18.2 Å². The minimum atomic E-state index is -4.36. The molecule has 0 spiro atoms. The van der Waals surface area contributed by atoms with Gasteiger partial charge in [-0.1, -0.05) is 59.8 Å². The van der Waals surface area contributed by atoms with Crippen molar-refractivity contribution in [2.24, 2.45) is 0 Å². The minimum absolute atomic E-state index is 0.159. The summed E-state index contributed by atoms with van der Waals surface area (Å²) in [5.74, 6) is -0.198. The normalized spacial score (nSPS) is 17.2. The van der Waals surface area contributed by atoms with Crippen molar-refractivity contribution in [3.05, 3.63) is 71.9 Å². The molecule has 30 heavy (non-hydrogen) atoms. The Bertz CT molecular complexity index is 963. The summed E-state index contributed by atoms with van der Waals surface area (Å²) < 4.78 is 42.2. The average Bonchev–Trinajstić information content (AvgIpc) is 3.15. The van der Waals surface area contributed by atoms with Gasteiger partial charge < -0.3 is 9.63 Å². The zero-order valence-corrected chi connectivity index (χ0v) is 16.3. The Hall–Kier alpha value is -2.71. The number of halogens is 3. The van der Waals surface area contributed by atoms with Crippen molar-refractivity contribution < 1.29 is 22.8 Å². The van der Waals surface area contributed by atoms with Gasteiger partial charge in [0, 0.05) is 13.1 Å². The molecule has 1 N–H and O–H groups in total. The molecular formula is C22H22F3N3O2. The fourth-order valence-corrected chi connectivity index (χ4v) is 3.77. The predicted octanol–water partition coefficient (Wildman–Crippen LogP) is 4.33. The number of benzene rings is 2. The molecule has 4 rings (SSSR count). The maximum absolute atomic E-state index is 12.4. The van der Waals surface area contributed by atoms with Crippen LogP contribution in [-0.4, -0.2) is 39.4 Å². The first-order valence-electron chi connectivity index (χ1n) is 9.80. The molecule has 0 atom stereocenters. The van der Waals surface area contributed by atoms with Gasteiger partial charge in [-0.2, -0.15) is 18.2 Å². The van der Waals surface area contributed by atoms with Crippen LogP contribution < -0.4 is 0 Å². The summed E-state index contributed by atoms with van der Waals surface area (Å²) >= 11 is 0. The Morgan fingerprint density at radius 2 is 1.60 bits per heavy atom. The number of hydrogen-bond donors (Lipinski definition) is 1. The highest BCUT2D eigenvalue weighted by Crippen LogP contribution is 2.34. The van der Waals surface area contributed by atoms with Gasteiger partial charge in [-0.3, -0.25) is 4.90 Å². The summed E-state index contributed by atoms with van der Waals surface area (Å²) in [7, 11) is 0. The van der Waals surface area contributed by atoms with Gasteiger partial charge in [-0.25, -0.2) is 0 Å². The number of alkyl halides is 3. The topological polar surface area (TPSA) is 62.4 Å². The number of rotatable bonds is 5. The van der Waals surface area contributed by atoms with Crippen LogP contribution in [0.15, 0.2) is 59.1 Å². The van der Waals surface area contributed by atoms with Crippen molar-refractivity contribution in [1.29, 1.82) is 0 Å². The molecule has 1 aliphatic rings. The Labute approximate surface area is 172 Å². The average molecular weight is 417 g/mol. The Morgan fingerprint density at radius 3 is 2.23 bits per heavy atom. The van der Waals surface area contributed by atoms with Crippen LogP contribution in [-0.2, 0) is 18.6 Å². The lowest BCUT2D eigenvalue weighted by molar-refractivity contribution is -0.128. The smallest absolute Gasteiger partial charge is 0.385 e. The molecule has 1 fully saturated rings. The zero-order chi connectivity index (χ0) is 21.2. The molecule has 158 valence electrons. The first-order valence-corrected chi connectivity index (χ1v) is 9.80. The van der Waals surface area contributed by atoms with Gasteiger partial charge in [0.2, 0.25) is 5.89 Å². The second kappa shape index (κ2) is 8.20. The van der Waals surface area contributed by atoms with E-state index in [4.69, 9.17) is 4.52 Å². The van der Waals surface area contributed by atoms with Crippen molar-refractivity contribution in [2.45, 2.75) is 37.6 Å². The van der Waals surface area contributed by atoms with E-state index in [-0.39, 0.29) is 18.3 Å². The van der Waals surface area contributed by atoms with Crippen LogP contribution in [0.3, 0.4) is 0 Å². The van der Waals surface area contributed by atoms with Crippen molar-refractivity contribution in [3.63, 3.8) is 0 Å². The van der Waals surface area contributed by atoms with E-state index in [1.165, 1.54) is 0 Å². The largest absolute Gasteiger partial charge is 0.396 e. The van der Waals surface area contributed by atoms with E-state index in [0.29, 0.717) is 25.9 Å². The van der Waals surface area contributed by atoms with Gasteiger partial charge in [-0.05, 0) is 29.5 Å². The summed E-state index contributed by atoms with van der Waals surface area (Å²) in [6.07, 6.45) is -4.53. The van der Waals surface area contributed by atoms with E-state index in [9.17, 15) is 18.3 Å². The number of aliphatic hydroxyl groups is 1. The standard InChI is InChI=1S/C22H22F3N3O2/c23-22(24,25)14-19-26-20(30-27-19)15-28-12-10-21(29,11-13-28)18-8-6-17(7-9-18)16-4-2-1-3-5-16/h1-9,29H,10-15H2. The summed E-state index contributed by atoms with van der Waals surface area (Å²) in [5, 5.41) is 14.5. The molecule has 2 heterocycles. The van der Waals surface area contributed by atoms with Crippen LogP contribution in [0.5, 0.6) is 0 Å². The van der Waals surface area contributed by atoms with E-state index in [2.05, 4.69) is 10.1 Å². The van der Waals surface area contributed by atoms with Gasteiger partial charge in [0.25, 0.3) is 0 Å². The molecule has 0 bridgehead atoms. The molecule has 1 aliphatic heterocycles. The first-order chi connectivity index (χ1) is 14.3. The van der Waals surface area contributed by atoms with Crippen LogP contribution in [0, 0.1) is 0 Å². The minimum Gasteiger partial charge on any atom is -0.385 e. The molecule has 3 aromatic rings. The molecule has 0 radical (unpaired) electrons. The third kappa shape index (κ3) is 4.88. The SMILES string of the molecule is OC1(c2ccc(-c3ccccc3)cc2)CCN(Cc2nc(CC(F)(F)F)no2)CC1. The molecule has 1 saturated heterocycles. The quantitative estimate of drug-likeness (QED) is 0.670. The van der Waals surface area contributed by atoms with Gasteiger partial charge in [0.1, 0.15) is 6.42 Å². The summed E-state index contributed by atoms with van der Waals surface area (Å²) in [5.41, 5.74) is 2.15. The number of likely N-dealkylation sites (tertiary alicyclic amines) is 1. The lowest BCUT2D eigenvalue weighted by atomic mass is 9.84. The molecule has 0 aliphatic carbocycles. The molecule has 0 saturated carbocycles. The number of piperidine rings is 1. The summed E-state index contributed by atoms with van der Waals surface area (Å²) in [4.78, 5) is 5.82. The van der Waals surface area contributed by atoms with Gasteiger partial charge in [0.15, 0.2) is 5.82 Å². The molecule has 1 aromatic heterocycles. The third-order valence-corrected chi connectivity index (χ3v) is 5.44. The first kappa shape index (κ1) is 20.6. The van der Waals surface area contributed by atoms with E-state index in [0.717, 1.165) is 16.7 Å². The second-order valence-electron chi connectivity index (χ2n) is 7.65. The maximum Gasteiger partial charge on any atom is 0.396 e. The molecule has 0 amide bonds. The number of nitrogens with zero attached hydrogens (tertiary/aromatic N) is 3. The van der Waals surface area contributed by atoms with E-state index in [1.807, 2.05) is 59.5 Å². The highest BCUT2D eigenvalue weighted by Gasteiger charge is 2.35. The highest BCUT2D eigenvalue weighted by atomic mass is 19.4. The molecule has 8 heteroatoms. The van der Waals surface area contributed by atoms with E-state index >= 15 is 0 Å². The van der Waals surface area contributed by atoms with Crippen molar-refractivity contribution in [2.75, 3.05) is 13.1 Å². The van der Waals surface area contributed by atoms with Crippen LogP contribution in [0.1, 0.15) is 30.1 Å². The second-order valence-corrected chi connectivity index (χ2v) is 7.65. The van der Waals surface area contributed by atoms with Crippen molar-refractivity contribution >= 4 is 0 Å². The Balaban J connectivity index is 1.35. The van der Waals surface area contributed by atoms with Crippen molar-refractivity contribution in [1.82, 2.24) is 15.0 Å². The summed E-state index contributed by atoms with van der Waals surface area (Å²) in [6, 6.07) is 18.0. The molecule has 5 nitrogen and oxygen atoms in total. The van der Waals surface area contributed by atoms with Crippen LogP contribution in [0.2, 0.25) is 0 Å². The Morgan fingerprint density at radius 1 is 0.967 bits per heavy atom. The number of aromatic nitrogens is 2. The van der Waals surface area contributed by atoms with Crippen LogP contribution >= 0.6 is 0 Å². The monoisotopic (exact) mass is 417 g/mol. The lowest BCUT2D eigenvalue weighted by Crippen LogP contribution is -2.42. The van der Waals surface area contributed by atoms with Gasteiger partial charge >= 0.3 is 6.18 Å². The molecule has 2 aromatic carbocycles. The molecular weight excluding hydrogens is 395 g/mol. The number of hydrogen-bond acceptors (Lipinski definition) is 5.